The minimum absolute atomic E-state index is 0.0663. The lowest BCUT2D eigenvalue weighted by Gasteiger charge is -2.08. The maximum Gasteiger partial charge on any atom is 0.134 e. The Morgan fingerprint density at radius 3 is 2.83 bits per heavy atom. The Balaban J connectivity index is 1.90. The molecule has 0 radical (unpaired) electrons. The van der Waals surface area contributed by atoms with Crippen molar-refractivity contribution in [1.82, 2.24) is 0 Å². The van der Waals surface area contributed by atoms with Gasteiger partial charge in [0, 0.05) is 28.3 Å². The molecule has 0 amide bonds. The molecule has 1 unspecified atom stereocenters. The Morgan fingerprint density at radius 2 is 2.06 bits per heavy atom. The number of hydrogen-bond acceptors (Lipinski definition) is 3. The molecule has 0 spiro atoms. The molecule has 1 atom stereocenters. The summed E-state index contributed by atoms with van der Waals surface area (Å²) < 4.78 is 6.31. The van der Waals surface area contributed by atoms with Crippen molar-refractivity contribution in [2.45, 2.75) is 12.5 Å². The number of fused-ring (bicyclic) bond motifs is 1. The molecule has 18 heavy (non-hydrogen) atoms. The highest BCUT2D eigenvalue weighted by Crippen LogP contribution is 2.29. The Labute approximate surface area is 114 Å². The van der Waals surface area contributed by atoms with Crippen LogP contribution in [0.4, 0.5) is 0 Å². The van der Waals surface area contributed by atoms with E-state index in [-0.39, 0.29) is 6.04 Å². The van der Waals surface area contributed by atoms with Crippen LogP contribution in [-0.2, 0) is 6.42 Å². The van der Waals surface area contributed by atoms with Gasteiger partial charge in [-0.15, -0.1) is 11.3 Å². The Hall–Kier alpha value is -1.29. The van der Waals surface area contributed by atoms with E-state index >= 15 is 0 Å². The quantitative estimate of drug-likeness (QED) is 0.771. The molecule has 1 aromatic carbocycles. The van der Waals surface area contributed by atoms with Gasteiger partial charge in [0.05, 0.1) is 10.6 Å². The lowest BCUT2D eigenvalue weighted by atomic mass is 10.0. The lowest BCUT2D eigenvalue weighted by Crippen LogP contribution is -2.12. The first-order chi connectivity index (χ1) is 8.74. The minimum atomic E-state index is -0.0663. The summed E-state index contributed by atoms with van der Waals surface area (Å²) in [5.41, 5.74) is 8.18. The second-order valence-corrected chi connectivity index (χ2v) is 6.00. The van der Waals surface area contributed by atoms with Gasteiger partial charge < -0.3 is 10.2 Å². The van der Waals surface area contributed by atoms with Crippen LogP contribution in [0.3, 0.4) is 0 Å². The highest BCUT2D eigenvalue weighted by Gasteiger charge is 2.14. The summed E-state index contributed by atoms with van der Waals surface area (Å²) in [5, 5.41) is 1.09. The van der Waals surface area contributed by atoms with E-state index < -0.39 is 0 Å². The van der Waals surface area contributed by atoms with E-state index in [1.54, 1.807) is 17.6 Å². The lowest BCUT2D eigenvalue weighted by molar-refractivity contribution is 0.600. The predicted octanol–water partition coefficient (Wildman–Crippen LogP) is 4.39. The summed E-state index contributed by atoms with van der Waals surface area (Å²) in [6.45, 7) is 0. The third-order valence-corrected chi connectivity index (χ3v) is 4.21. The van der Waals surface area contributed by atoms with E-state index in [0.717, 1.165) is 27.3 Å². The summed E-state index contributed by atoms with van der Waals surface area (Å²) >= 11 is 7.50. The fraction of sp³-hybridized carbons (Fsp3) is 0.143. The molecule has 0 fully saturated rings. The van der Waals surface area contributed by atoms with Crippen LogP contribution >= 0.6 is 22.9 Å². The van der Waals surface area contributed by atoms with Gasteiger partial charge in [0.1, 0.15) is 5.58 Å². The molecule has 0 aliphatic heterocycles. The van der Waals surface area contributed by atoms with E-state index in [9.17, 15) is 0 Å². The first-order valence-corrected chi connectivity index (χ1v) is 6.89. The van der Waals surface area contributed by atoms with Gasteiger partial charge in [-0.2, -0.15) is 0 Å². The predicted molar refractivity (Wildman–Crippen MR) is 76.2 cm³/mol. The molecule has 0 saturated carbocycles. The van der Waals surface area contributed by atoms with E-state index in [4.69, 9.17) is 21.8 Å². The maximum atomic E-state index is 6.25. The van der Waals surface area contributed by atoms with Crippen LogP contribution in [0, 0.1) is 0 Å². The number of para-hydroxylation sites is 1. The number of nitrogens with two attached hydrogens (primary N) is 1. The number of hydrogen-bond donors (Lipinski definition) is 1. The standard InChI is InChI=1S/C14H12ClNOS/c15-14-6-5-9(18-14)7-12(16)11-8-17-13-4-2-1-3-10(11)13/h1-6,8,12H,7,16H2. The van der Waals surface area contributed by atoms with Crippen LogP contribution in [0.2, 0.25) is 4.34 Å². The summed E-state index contributed by atoms with van der Waals surface area (Å²) in [6.07, 6.45) is 2.53. The van der Waals surface area contributed by atoms with Crippen molar-refractivity contribution in [1.29, 1.82) is 0 Å². The molecule has 2 heterocycles. The molecule has 0 aliphatic carbocycles. The first kappa shape index (κ1) is 11.8. The second-order valence-electron chi connectivity index (χ2n) is 4.20. The zero-order valence-corrected chi connectivity index (χ0v) is 11.2. The topological polar surface area (TPSA) is 39.2 Å². The van der Waals surface area contributed by atoms with Gasteiger partial charge in [-0.25, -0.2) is 0 Å². The van der Waals surface area contributed by atoms with Gasteiger partial charge in [-0.3, -0.25) is 0 Å². The maximum absolute atomic E-state index is 6.25. The molecule has 0 aliphatic rings. The highest BCUT2D eigenvalue weighted by atomic mass is 35.5. The van der Waals surface area contributed by atoms with Gasteiger partial charge in [0.25, 0.3) is 0 Å². The van der Waals surface area contributed by atoms with Gasteiger partial charge in [-0.1, -0.05) is 29.8 Å². The molecular weight excluding hydrogens is 266 g/mol. The third kappa shape index (κ3) is 2.17. The Morgan fingerprint density at radius 1 is 1.22 bits per heavy atom. The van der Waals surface area contributed by atoms with E-state index in [1.807, 2.05) is 36.4 Å². The average molecular weight is 278 g/mol. The minimum Gasteiger partial charge on any atom is -0.464 e. The van der Waals surface area contributed by atoms with Gasteiger partial charge in [0.15, 0.2) is 0 Å². The molecule has 4 heteroatoms. The Bertz CT molecular complexity index is 673. The first-order valence-electron chi connectivity index (χ1n) is 5.70. The summed E-state index contributed by atoms with van der Waals surface area (Å²) in [7, 11) is 0. The molecule has 0 bridgehead atoms. The van der Waals surface area contributed by atoms with Crippen molar-refractivity contribution in [2.24, 2.45) is 5.73 Å². The molecular formula is C14H12ClNOS. The number of furan rings is 1. The molecule has 2 N–H and O–H groups in total. The molecule has 3 rings (SSSR count). The molecule has 3 aromatic rings. The van der Waals surface area contributed by atoms with Crippen molar-refractivity contribution in [2.75, 3.05) is 0 Å². The number of halogens is 1. The van der Waals surface area contributed by atoms with Crippen LogP contribution in [-0.4, -0.2) is 0 Å². The van der Waals surface area contributed by atoms with Crippen LogP contribution in [0.15, 0.2) is 47.1 Å². The van der Waals surface area contributed by atoms with E-state index in [0.29, 0.717) is 0 Å². The third-order valence-electron chi connectivity index (χ3n) is 2.96. The fourth-order valence-corrected chi connectivity index (χ4v) is 3.22. The zero-order valence-electron chi connectivity index (χ0n) is 9.60. The highest BCUT2D eigenvalue weighted by molar-refractivity contribution is 7.16. The summed E-state index contributed by atoms with van der Waals surface area (Å²) in [5.74, 6) is 0. The van der Waals surface area contributed by atoms with Crippen LogP contribution < -0.4 is 5.73 Å². The summed E-state index contributed by atoms with van der Waals surface area (Å²) in [6, 6.07) is 11.8. The van der Waals surface area contributed by atoms with Crippen LogP contribution in [0.1, 0.15) is 16.5 Å². The molecule has 0 saturated heterocycles. The molecule has 92 valence electrons. The van der Waals surface area contributed by atoms with Gasteiger partial charge in [0.2, 0.25) is 0 Å². The SMILES string of the molecule is NC(Cc1ccc(Cl)s1)c1coc2ccccc12. The van der Waals surface area contributed by atoms with Crippen molar-refractivity contribution in [3.63, 3.8) is 0 Å². The van der Waals surface area contributed by atoms with Crippen molar-refractivity contribution < 1.29 is 4.42 Å². The second kappa shape index (κ2) is 4.76. The van der Waals surface area contributed by atoms with Crippen LogP contribution in [0.5, 0.6) is 0 Å². The smallest absolute Gasteiger partial charge is 0.134 e. The fourth-order valence-electron chi connectivity index (χ4n) is 2.07. The van der Waals surface area contributed by atoms with Crippen molar-refractivity contribution >= 4 is 33.9 Å². The molecule has 2 aromatic heterocycles. The molecule has 2 nitrogen and oxygen atoms in total. The number of thiophene rings is 1. The van der Waals surface area contributed by atoms with Gasteiger partial charge >= 0.3 is 0 Å². The Kier molecular flexibility index (Phi) is 3.12. The monoisotopic (exact) mass is 277 g/mol. The van der Waals surface area contributed by atoms with Crippen LogP contribution in [0.25, 0.3) is 11.0 Å². The zero-order chi connectivity index (χ0) is 12.5. The largest absolute Gasteiger partial charge is 0.464 e. The summed E-state index contributed by atoms with van der Waals surface area (Å²) in [4.78, 5) is 1.19. The normalized spacial score (nSPS) is 13.0. The van der Waals surface area contributed by atoms with Gasteiger partial charge in [-0.05, 0) is 18.2 Å². The number of benzene rings is 1. The average Bonchev–Trinajstić information content (AvgIpc) is 2.95. The van der Waals surface area contributed by atoms with E-state index in [2.05, 4.69) is 0 Å². The van der Waals surface area contributed by atoms with Crippen molar-refractivity contribution in [3.8, 4) is 0 Å². The van der Waals surface area contributed by atoms with Crippen molar-refractivity contribution in [3.05, 3.63) is 57.4 Å². The van der Waals surface area contributed by atoms with E-state index in [1.165, 1.54) is 4.88 Å². The number of rotatable bonds is 3.